The summed E-state index contributed by atoms with van der Waals surface area (Å²) >= 11 is 5.94. The number of thiocarbonyl (C=S) groups is 1. The van der Waals surface area contributed by atoms with Gasteiger partial charge in [0.05, 0.1) is 42.5 Å². The van der Waals surface area contributed by atoms with Crippen molar-refractivity contribution in [2.45, 2.75) is 46.7 Å². The quantitative estimate of drug-likeness (QED) is 0.257. The summed E-state index contributed by atoms with van der Waals surface area (Å²) in [6.07, 6.45) is 2.90. The van der Waals surface area contributed by atoms with Crippen LogP contribution in [0, 0.1) is 34.6 Å². The highest BCUT2D eigenvalue weighted by molar-refractivity contribution is 7.92. The molecule has 3 heterocycles. The van der Waals surface area contributed by atoms with E-state index in [0.717, 1.165) is 34.6 Å². The van der Waals surface area contributed by atoms with Gasteiger partial charge in [-0.2, -0.15) is 0 Å². The minimum atomic E-state index is -3.49. The Labute approximate surface area is 247 Å². The number of methoxy groups -OCH3 is 1. The van der Waals surface area contributed by atoms with E-state index in [1.54, 1.807) is 12.3 Å². The van der Waals surface area contributed by atoms with Gasteiger partial charge in [0.1, 0.15) is 5.75 Å². The van der Waals surface area contributed by atoms with Crippen LogP contribution in [0.25, 0.3) is 5.69 Å². The Hall–Kier alpha value is -3.89. The zero-order valence-corrected chi connectivity index (χ0v) is 25.9. The first-order valence-corrected chi connectivity index (χ1v) is 15.6. The number of nitrogens with zero attached hydrogens (tertiary/aromatic N) is 3. The van der Waals surface area contributed by atoms with Crippen LogP contribution < -0.4 is 19.7 Å². The van der Waals surface area contributed by atoms with Gasteiger partial charge in [0.25, 0.3) is 0 Å². The second-order valence-corrected chi connectivity index (χ2v) is 12.8. The highest BCUT2D eigenvalue weighted by Gasteiger charge is 2.42. The SMILES string of the molecule is COc1cc(N2C(=S)N[C@@H](c3ccccn3)[C@@H]2c2cc(C)n(-c3c(C)cc(C)cc3C)c2C)ccc1NS(C)(=O)=O. The molecule has 0 radical (unpaired) electrons. The first-order chi connectivity index (χ1) is 19.4. The Bertz CT molecular complexity index is 1730. The summed E-state index contributed by atoms with van der Waals surface area (Å²) in [6.45, 7) is 10.7. The molecule has 2 aromatic carbocycles. The summed E-state index contributed by atoms with van der Waals surface area (Å²) in [4.78, 5) is 6.76. The van der Waals surface area contributed by atoms with E-state index in [4.69, 9.17) is 17.0 Å². The summed E-state index contributed by atoms with van der Waals surface area (Å²) in [5.74, 6) is 0.395. The number of rotatable bonds is 7. The van der Waals surface area contributed by atoms with Crippen molar-refractivity contribution in [3.63, 3.8) is 0 Å². The highest BCUT2D eigenvalue weighted by Crippen LogP contribution is 2.45. The van der Waals surface area contributed by atoms with Gasteiger partial charge in [0.15, 0.2) is 5.11 Å². The number of anilines is 2. The van der Waals surface area contributed by atoms with Gasteiger partial charge >= 0.3 is 0 Å². The van der Waals surface area contributed by atoms with Crippen LogP contribution in [0.4, 0.5) is 11.4 Å². The molecule has 2 N–H and O–H groups in total. The summed E-state index contributed by atoms with van der Waals surface area (Å²) in [7, 11) is -1.97. The van der Waals surface area contributed by atoms with E-state index in [1.165, 1.54) is 29.5 Å². The lowest BCUT2D eigenvalue weighted by atomic mass is 9.96. The van der Waals surface area contributed by atoms with Crippen LogP contribution in [0.1, 0.15) is 51.4 Å². The number of aromatic nitrogens is 2. The molecule has 1 aliphatic rings. The second-order valence-electron chi connectivity index (χ2n) is 10.7. The minimum absolute atomic E-state index is 0.224. The maximum atomic E-state index is 11.9. The van der Waals surface area contributed by atoms with Crippen molar-refractivity contribution in [1.29, 1.82) is 0 Å². The summed E-state index contributed by atoms with van der Waals surface area (Å²) < 4.78 is 34.3. The molecule has 5 rings (SSSR count). The molecule has 214 valence electrons. The van der Waals surface area contributed by atoms with Gasteiger partial charge in [-0.15, -0.1) is 0 Å². The van der Waals surface area contributed by atoms with Crippen molar-refractivity contribution in [3.8, 4) is 11.4 Å². The maximum absolute atomic E-state index is 11.9. The third-order valence-electron chi connectivity index (χ3n) is 7.50. The monoisotopic (exact) mass is 589 g/mol. The van der Waals surface area contributed by atoms with Gasteiger partial charge in [-0.25, -0.2) is 8.42 Å². The zero-order valence-electron chi connectivity index (χ0n) is 24.3. The zero-order chi connectivity index (χ0) is 29.6. The predicted octanol–water partition coefficient (Wildman–Crippen LogP) is 5.97. The number of ether oxygens (including phenoxy) is 1. The molecular weight excluding hydrogens is 555 g/mol. The average molecular weight is 590 g/mol. The van der Waals surface area contributed by atoms with Crippen molar-refractivity contribution in [2.75, 3.05) is 23.0 Å². The Morgan fingerprint density at radius 2 is 1.71 bits per heavy atom. The van der Waals surface area contributed by atoms with Crippen LogP contribution in [0.2, 0.25) is 0 Å². The largest absolute Gasteiger partial charge is 0.494 e. The van der Waals surface area contributed by atoms with Gasteiger partial charge in [0.2, 0.25) is 10.0 Å². The van der Waals surface area contributed by atoms with Crippen LogP contribution in [-0.4, -0.2) is 36.4 Å². The number of hydrogen-bond donors (Lipinski definition) is 2. The Morgan fingerprint density at radius 3 is 2.32 bits per heavy atom. The lowest BCUT2D eigenvalue weighted by Crippen LogP contribution is -2.29. The number of sulfonamides is 1. The van der Waals surface area contributed by atoms with Gasteiger partial charge < -0.3 is 19.5 Å². The normalized spacial score (nSPS) is 17.0. The molecule has 1 aliphatic heterocycles. The van der Waals surface area contributed by atoms with E-state index in [9.17, 15) is 8.42 Å². The standard InChI is InChI=1S/C31H35N5O3S2/c1-18-14-19(2)29(20(3)15-18)35-21(4)16-24(22(35)5)30-28(26-10-8-9-13-32-26)33-31(40)36(30)23-11-12-25(27(17-23)39-6)34-41(7,37)38/h8-17,28,30,34H,1-7H3,(H,33,40)/t28-,30-/m0/s1. The minimum Gasteiger partial charge on any atom is -0.494 e. The van der Waals surface area contributed by atoms with E-state index in [2.05, 4.69) is 77.3 Å². The molecule has 0 amide bonds. The van der Waals surface area contributed by atoms with Gasteiger partial charge in [-0.3, -0.25) is 9.71 Å². The Morgan fingerprint density at radius 1 is 1.00 bits per heavy atom. The van der Waals surface area contributed by atoms with Crippen molar-refractivity contribution in [3.05, 3.63) is 100 Å². The number of aryl methyl sites for hydroxylation is 4. The van der Waals surface area contributed by atoms with Crippen molar-refractivity contribution in [2.24, 2.45) is 0 Å². The fourth-order valence-corrected chi connectivity index (χ4v) is 6.93. The molecule has 41 heavy (non-hydrogen) atoms. The van der Waals surface area contributed by atoms with Crippen LogP contribution in [0.15, 0.2) is 60.8 Å². The van der Waals surface area contributed by atoms with Crippen LogP contribution in [0.5, 0.6) is 5.75 Å². The summed E-state index contributed by atoms with van der Waals surface area (Å²) in [5.41, 5.74) is 10.2. The molecular formula is C31H35N5O3S2. The van der Waals surface area contributed by atoms with E-state index >= 15 is 0 Å². The van der Waals surface area contributed by atoms with E-state index in [0.29, 0.717) is 16.5 Å². The fraction of sp³-hybridized carbons (Fsp3) is 0.290. The molecule has 0 bridgehead atoms. The predicted molar refractivity (Wildman–Crippen MR) is 169 cm³/mol. The second kappa shape index (κ2) is 10.8. The average Bonchev–Trinajstić information content (AvgIpc) is 3.39. The molecule has 8 nitrogen and oxygen atoms in total. The molecule has 2 atom stereocenters. The van der Waals surface area contributed by atoms with E-state index in [-0.39, 0.29) is 12.1 Å². The summed E-state index contributed by atoms with van der Waals surface area (Å²) in [5, 5.41) is 4.06. The lowest BCUT2D eigenvalue weighted by molar-refractivity contribution is 0.417. The van der Waals surface area contributed by atoms with Gasteiger partial charge in [-0.1, -0.05) is 23.8 Å². The number of pyridine rings is 1. The van der Waals surface area contributed by atoms with Crippen molar-refractivity contribution >= 4 is 38.7 Å². The molecule has 1 fully saturated rings. The first-order valence-electron chi connectivity index (χ1n) is 13.3. The number of hydrogen-bond acceptors (Lipinski definition) is 5. The van der Waals surface area contributed by atoms with Crippen LogP contribution in [-0.2, 0) is 10.0 Å². The smallest absolute Gasteiger partial charge is 0.229 e. The van der Waals surface area contributed by atoms with Gasteiger partial charge in [0, 0.05) is 29.3 Å². The molecule has 0 spiro atoms. The summed E-state index contributed by atoms with van der Waals surface area (Å²) in [6, 6.07) is 17.4. The molecule has 2 aromatic heterocycles. The van der Waals surface area contributed by atoms with E-state index in [1.807, 2.05) is 30.3 Å². The van der Waals surface area contributed by atoms with E-state index < -0.39 is 10.0 Å². The molecule has 0 unspecified atom stereocenters. The third-order valence-corrected chi connectivity index (χ3v) is 8.41. The molecule has 0 aliphatic carbocycles. The fourth-order valence-electron chi connectivity index (χ4n) is 6.02. The topological polar surface area (TPSA) is 88.5 Å². The number of benzene rings is 2. The molecule has 10 heteroatoms. The molecule has 0 saturated carbocycles. The third kappa shape index (κ3) is 5.41. The van der Waals surface area contributed by atoms with Crippen LogP contribution in [0.3, 0.4) is 0 Å². The highest BCUT2D eigenvalue weighted by atomic mass is 32.2. The van der Waals surface area contributed by atoms with Gasteiger partial charge in [-0.05, 0) is 93.9 Å². The van der Waals surface area contributed by atoms with Crippen LogP contribution >= 0.6 is 12.2 Å². The first kappa shape index (κ1) is 28.6. The molecule has 1 saturated heterocycles. The van der Waals surface area contributed by atoms with Crippen molar-refractivity contribution in [1.82, 2.24) is 14.9 Å². The lowest BCUT2D eigenvalue weighted by Gasteiger charge is -2.29. The maximum Gasteiger partial charge on any atom is 0.229 e. The number of nitrogens with one attached hydrogen (secondary N) is 2. The Balaban J connectivity index is 1.69. The van der Waals surface area contributed by atoms with Crippen molar-refractivity contribution < 1.29 is 13.2 Å². The Kier molecular flexibility index (Phi) is 7.56. The molecule has 4 aromatic rings.